The van der Waals surface area contributed by atoms with E-state index in [-0.39, 0.29) is 0 Å². The van der Waals surface area contributed by atoms with Crippen molar-refractivity contribution in [3.05, 3.63) is 194 Å². The quantitative estimate of drug-likeness (QED) is 0.136. The van der Waals surface area contributed by atoms with E-state index in [1.54, 1.807) is 0 Å². The highest BCUT2D eigenvalue weighted by Crippen LogP contribution is 2.46. The van der Waals surface area contributed by atoms with Gasteiger partial charge in [-0.05, 0) is 107 Å². The van der Waals surface area contributed by atoms with Gasteiger partial charge in [0.2, 0.25) is 0 Å². The maximum absolute atomic E-state index is 5.11. The van der Waals surface area contributed by atoms with Crippen LogP contribution in [0.5, 0.6) is 0 Å². The molecule has 11 rings (SSSR count). The molecule has 0 radical (unpaired) electrons. The lowest BCUT2D eigenvalue weighted by atomic mass is 9.84. The third kappa shape index (κ3) is 4.96. The monoisotopic (exact) mass is 684 g/mol. The van der Waals surface area contributed by atoms with Gasteiger partial charge in [-0.3, -0.25) is 4.98 Å². The smallest absolute Gasteiger partial charge is 0.0972 e. The molecule has 11 aromatic rings. The van der Waals surface area contributed by atoms with E-state index in [1.165, 1.54) is 76.5 Å². The third-order valence-electron chi connectivity index (χ3n) is 11.0. The highest BCUT2D eigenvalue weighted by molar-refractivity contribution is 6.22. The molecule has 0 spiro atoms. The summed E-state index contributed by atoms with van der Waals surface area (Å²) in [6.07, 6.45) is 1.84. The molecule has 0 saturated carbocycles. The second kappa shape index (κ2) is 12.2. The van der Waals surface area contributed by atoms with Crippen molar-refractivity contribution in [1.29, 1.82) is 0 Å². The summed E-state index contributed by atoms with van der Waals surface area (Å²) in [5.74, 6) is 0. The predicted molar refractivity (Wildman–Crippen MR) is 229 cm³/mol. The van der Waals surface area contributed by atoms with Crippen molar-refractivity contribution < 1.29 is 0 Å². The van der Waals surface area contributed by atoms with Gasteiger partial charge in [-0.1, -0.05) is 158 Å². The Hall–Kier alpha value is -7.16. The van der Waals surface area contributed by atoms with Crippen LogP contribution in [0.3, 0.4) is 0 Å². The van der Waals surface area contributed by atoms with Crippen LogP contribution in [0.4, 0.5) is 0 Å². The minimum atomic E-state index is 0.930. The van der Waals surface area contributed by atoms with Crippen LogP contribution in [0.1, 0.15) is 0 Å². The Morgan fingerprint density at radius 3 is 1.44 bits per heavy atom. The largest absolute Gasteiger partial charge is 0.254 e. The zero-order valence-electron chi connectivity index (χ0n) is 29.4. The average Bonchev–Trinajstić information content (AvgIpc) is 3.25. The zero-order valence-corrected chi connectivity index (χ0v) is 29.4. The molecule has 9 aromatic carbocycles. The van der Waals surface area contributed by atoms with E-state index in [4.69, 9.17) is 4.98 Å². The van der Waals surface area contributed by atoms with Crippen molar-refractivity contribution in [3.63, 3.8) is 0 Å². The fourth-order valence-corrected chi connectivity index (χ4v) is 8.39. The summed E-state index contributed by atoms with van der Waals surface area (Å²) in [5, 5.41) is 12.2. The van der Waals surface area contributed by atoms with Gasteiger partial charge in [-0.25, -0.2) is 4.98 Å². The van der Waals surface area contributed by atoms with Gasteiger partial charge in [0.25, 0.3) is 0 Å². The Kier molecular flexibility index (Phi) is 6.90. The topological polar surface area (TPSA) is 25.8 Å². The molecule has 0 fully saturated rings. The lowest BCUT2D eigenvalue weighted by Crippen LogP contribution is -1.92. The highest BCUT2D eigenvalue weighted by Gasteiger charge is 2.18. The first kappa shape index (κ1) is 30.5. The normalized spacial score (nSPS) is 11.7. The first-order valence-electron chi connectivity index (χ1n) is 18.5. The molecule has 2 aromatic heterocycles. The van der Waals surface area contributed by atoms with Crippen molar-refractivity contribution in [1.82, 2.24) is 9.97 Å². The molecule has 0 aliphatic rings. The predicted octanol–water partition coefficient (Wildman–Crippen LogP) is 14.1. The fourth-order valence-electron chi connectivity index (χ4n) is 8.39. The highest BCUT2D eigenvalue weighted by atomic mass is 14.7. The number of nitrogens with zero attached hydrogens (tertiary/aromatic N) is 2. The summed E-state index contributed by atoms with van der Waals surface area (Å²) >= 11 is 0. The lowest BCUT2D eigenvalue weighted by molar-refractivity contribution is 1.37. The van der Waals surface area contributed by atoms with E-state index < -0.39 is 0 Å². The van der Waals surface area contributed by atoms with E-state index in [2.05, 4.69) is 187 Å². The molecule has 0 aliphatic carbocycles. The second-order valence-corrected chi connectivity index (χ2v) is 14.2. The minimum Gasteiger partial charge on any atom is -0.254 e. The molecule has 2 nitrogen and oxygen atoms in total. The summed E-state index contributed by atoms with van der Waals surface area (Å²) < 4.78 is 0. The molecule has 250 valence electrons. The van der Waals surface area contributed by atoms with Crippen LogP contribution in [0.15, 0.2) is 194 Å². The second-order valence-electron chi connectivity index (χ2n) is 14.2. The van der Waals surface area contributed by atoms with Crippen molar-refractivity contribution in [2.75, 3.05) is 0 Å². The molecule has 0 amide bonds. The van der Waals surface area contributed by atoms with Gasteiger partial charge in [0, 0.05) is 22.5 Å². The minimum absolute atomic E-state index is 0.930. The summed E-state index contributed by atoms with van der Waals surface area (Å²) in [7, 11) is 0. The number of fused-ring (bicyclic) bond motifs is 7. The Labute approximate surface area is 312 Å². The summed E-state index contributed by atoms with van der Waals surface area (Å²) in [6, 6.07) is 68.4. The first-order valence-corrected chi connectivity index (χ1v) is 18.5. The number of aromatic nitrogens is 2. The Morgan fingerprint density at radius 1 is 0.278 bits per heavy atom. The van der Waals surface area contributed by atoms with Gasteiger partial charge >= 0.3 is 0 Å². The zero-order chi connectivity index (χ0) is 35.6. The van der Waals surface area contributed by atoms with Crippen LogP contribution in [-0.2, 0) is 0 Å². The Morgan fingerprint density at radius 2 is 0.759 bits per heavy atom. The van der Waals surface area contributed by atoms with Crippen LogP contribution in [0, 0.1) is 0 Å². The van der Waals surface area contributed by atoms with E-state index >= 15 is 0 Å². The molecule has 0 N–H and O–H groups in total. The third-order valence-corrected chi connectivity index (χ3v) is 11.0. The van der Waals surface area contributed by atoms with Crippen molar-refractivity contribution >= 4 is 64.9 Å². The van der Waals surface area contributed by atoms with Crippen LogP contribution >= 0.6 is 0 Å². The summed E-state index contributed by atoms with van der Waals surface area (Å²) in [4.78, 5) is 9.77. The molecule has 2 heteroatoms. The standard InChI is InChI=1S/C52H32N2/c1-3-10-39-30-42(23-17-33(39)8-1)49-44-13-5-6-14-45(44)50(43-24-18-34-9-2-4-11-40(34)31-43)47-32-41(25-27-46(47)49)35-15-19-36(20-16-35)48-28-26-38-22-21-37-12-7-29-53-51(37)52(38)54-48/h1-32H. The maximum Gasteiger partial charge on any atom is 0.0972 e. The molecule has 2 heterocycles. The van der Waals surface area contributed by atoms with Gasteiger partial charge < -0.3 is 0 Å². The molecule has 0 saturated heterocycles. The molecule has 0 atom stereocenters. The molecular weight excluding hydrogens is 653 g/mol. The van der Waals surface area contributed by atoms with Crippen molar-refractivity contribution in [2.45, 2.75) is 0 Å². The fraction of sp³-hybridized carbons (Fsp3) is 0. The molecular formula is C52H32N2. The van der Waals surface area contributed by atoms with Gasteiger partial charge in [0.15, 0.2) is 0 Å². The van der Waals surface area contributed by atoms with Gasteiger partial charge in [-0.15, -0.1) is 0 Å². The Bertz CT molecular complexity index is 3270. The SMILES string of the molecule is c1ccc2cc(-c3c4ccccc4c(-c4ccc5ccccc5c4)c4cc(-c5ccc(-c6ccc7ccc8cccnc8c7n6)cc5)ccc34)ccc2c1. The van der Waals surface area contributed by atoms with E-state index in [0.29, 0.717) is 0 Å². The Balaban J connectivity index is 1.11. The van der Waals surface area contributed by atoms with Crippen LogP contribution < -0.4 is 0 Å². The van der Waals surface area contributed by atoms with Crippen molar-refractivity contribution in [3.8, 4) is 44.6 Å². The van der Waals surface area contributed by atoms with Crippen LogP contribution in [-0.4, -0.2) is 9.97 Å². The maximum atomic E-state index is 5.11. The number of hydrogen-bond acceptors (Lipinski definition) is 2. The van der Waals surface area contributed by atoms with E-state index in [9.17, 15) is 0 Å². The lowest BCUT2D eigenvalue weighted by Gasteiger charge is -2.19. The van der Waals surface area contributed by atoms with Crippen molar-refractivity contribution in [2.24, 2.45) is 0 Å². The van der Waals surface area contributed by atoms with Gasteiger partial charge in [-0.2, -0.15) is 0 Å². The molecule has 54 heavy (non-hydrogen) atoms. The molecule has 0 unspecified atom stereocenters. The van der Waals surface area contributed by atoms with Crippen LogP contribution in [0.25, 0.3) is 110 Å². The van der Waals surface area contributed by atoms with Crippen LogP contribution in [0.2, 0.25) is 0 Å². The molecule has 0 aliphatic heterocycles. The van der Waals surface area contributed by atoms with Gasteiger partial charge in [0.05, 0.1) is 16.7 Å². The average molecular weight is 685 g/mol. The first-order chi connectivity index (χ1) is 26.7. The van der Waals surface area contributed by atoms with Gasteiger partial charge in [0.1, 0.15) is 0 Å². The molecule has 0 bridgehead atoms. The number of benzene rings is 9. The summed E-state index contributed by atoms with van der Waals surface area (Å²) in [5.41, 5.74) is 11.2. The van der Waals surface area contributed by atoms with E-state index in [0.717, 1.165) is 33.1 Å². The number of rotatable bonds is 4. The number of hydrogen-bond donors (Lipinski definition) is 0. The summed E-state index contributed by atoms with van der Waals surface area (Å²) in [6.45, 7) is 0. The van der Waals surface area contributed by atoms with E-state index in [1.807, 2.05) is 12.3 Å². The number of pyridine rings is 2.